The third-order valence-corrected chi connectivity index (χ3v) is 4.66. The number of anilines is 1. The van der Waals surface area contributed by atoms with Crippen LogP contribution in [0.2, 0.25) is 0 Å². The minimum Gasteiger partial charge on any atom is -0.497 e. The van der Waals surface area contributed by atoms with Gasteiger partial charge < -0.3 is 19.7 Å². The van der Waals surface area contributed by atoms with Crippen molar-refractivity contribution in [2.75, 3.05) is 19.0 Å². The quantitative estimate of drug-likeness (QED) is 0.602. The van der Waals surface area contributed by atoms with E-state index in [2.05, 4.69) is 32.8 Å². The Morgan fingerprint density at radius 1 is 1.22 bits per heavy atom. The number of nitrogens with zero attached hydrogens (tertiary/aromatic N) is 3. The molecule has 3 rings (SSSR count). The first-order valence-corrected chi connectivity index (χ1v) is 9.48. The van der Waals surface area contributed by atoms with Crippen molar-refractivity contribution in [2.45, 2.75) is 45.7 Å². The van der Waals surface area contributed by atoms with Crippen molar-refractivity contribution < 1.29 is 9.84 Å². The van der Waals surface area contributed by atoms with Crippen LogP contribution < -0.4 is 10.1 Å². The molecule has 2 heterocycles. The van der Waals surface area contributed by atoms with Crippen LogP contribution >= 0.6 is 0 Å². The van der Waals surface area contributed by atoms with Crippen molar-refractivity contribution in [3.05, 3.63) is 47.9 Å². The van der Waals surface area contributed by atoms with Gasteiger partial charge in [0.15, 0.2) is 5.82 Å². The molecular formula is C21H28N4O2. The minimum absolute atomic E-state index is 0.162. The highest BCUT2D eigenvalue weighted by Crippen LogP contribution is 2.25. The SMILES string of the molecule is CCC[C@H](CCO)Nc1nc(C)nc2ccn(Cc3cccc(OC)c3)c12. The Kier molecular flexibility index (Phi) is 6.29. The Bertz CT molecular complexity index is 885. The van der Waals surface area contributed by atoms with Crippen LogP contribution in [0.5, 0.6) is 5.75 Å². The number of aromatic nitrogens is 3. The third kappa shape index (κ3) is 4.57. The number of fused-ring (bicyclic) bond motifs is 1. The number of ether oxygens (including phenoxy) is 1. The molecule has 0 saturated heterocycles. The van der Waals surface area contributed by atoms with E-state index in [1.54, 1.807) is 7.11 Å². The van der Waals surface area contributed by atoms with Crippen LogP contribution in [-0.2, 0) is 6.54 Å². The highest BCUT2D eigenvalue weighted by atomic mass is 16.5. The van der Waals surface area contributed by atoms with E-state index >= 15 is 0 Å². The van der Waals surface area contributed by atoms with Crippen molar-refractivity contribution in [2.24, 2.45) is 0 Å². The molecule has 0 aliphatic carbocycles. The number of nitrogens with one attached hydrogen (secondary N) is 1. The lowest BCUT2D eigenvalue weighted by Crippen LogP contribution is -2.22. The minimum atomic E-state index is 0.162. The predicted octanol–water partition coefficient (Wildman–Crippen LogP) is 3.76. The fraction of sp³-hybridized carbons (Fsp3) is 0.429. The molecule has 1 aromatic carbocycles. The Hall–Kier alpha value is -2.60. The zero-order valence-electron chi connectivity index (χ0n) is 16.3. The summed E-state index contributed by atoms with van der Waals surface area (Å²) in [6, 6.07) is 10.3. The number of aliphatic hydroxyl groups excluding tert-OH is 1. The van der Waals surface area contributed by atoms with Gasteiger partial charge in [-0.3, -0.25) is 0 Å². The Labute approximate surface area is 160 Å². The van der Waals surface area contributed by atoms with E-state index < -0.39 is 0 Å². The van der Waals surface area contributed by atoms with E-state index in [0.29, 0.717) is 13.0 Å². The second-order valence-corrected chi connectivity index (χ2v) is 6.79. The molecule has 0 radical (unpaired) electrons. The number of aryl methyl sites for hydroxylation is 1. The molecule has 27 heavy (non-hydrogen) atoms. The maximum Gasteiger partial charge on any atom is 0.154 e. The molecule has 0 saturated carbocycles. The molecule has 0 unspecified atom stereocenters. The molecule has 0 bridgehead atoms. The Balaban J connectivity index is 1.96. The van der Waals surface area contributed by atoms with Crippen LogP contribution in [0.3, 0.4) is 0 Å². The summed E-state index contributed by atoms with van der Waals surface area (Å²) in [7, 11) is 1.68. The molecular weight excluding hydrogens is 340 g/mol. The molecule has 1 atom stereocenters. The van der Waals surface area contributed by atoms with Gasteiger partial charge in [-0.1, -0.05) is 25.5 Å². The largest absolute Gasteiger partial charge is 0.497 e. The summed E-state index contributed by atoms with van der Waals surface area (Å²) in [6.45, 7) is 4.93. The average Bonchev–Trinajstić information content (AvgIpc) is 3.05. The summed E-state index contributed by atoms with van der Waals surface area (Å²) in [5.74, 6) is 2.42. The molecule has 6 heteroatoms. The molecule has 0 spiro atoms. The van der Waals surface area contributed by atoms with Crippen LogP contribution in [0.25, 0.3) is 11.0 Å². The van der Waals surface area contributed by atoms with E-state index in [9.17, 15) is 5.11 Å². The van der Waals surface area contributed by atoms with Crippen molar-refractivity contribution in [3.63, 3.8) is 0 Å². The van der Waals surface area contributed by atoms with Gasteiger partial charge in [-0.15, -0.1) is 0 Å². The molecule has 0 fully saturated rings. The van der Waals surface area contributed by atoms with Gasteiger partial charge in [-0.2, -0.15) is 0 Å². The molecule has 2 aromatic heterocycles. The van der Waals surface area contributed by atoms with Crippen LogP contribution in [0.15, 0.2) is 36.5 Å². The summed E-state index contributed by atoms with van der Waals surface area (Å²) >= 11 is 0. The zero-order valence-corrected chi connectivity index (χ0v) is 16.3. The lowest BCUT2D eigenvalue weighted by molar-refractivity contribution is 0.276. The van der Waals surface area contributed by atoms with Crippen LogP contribution in [0, 0.1) is 6.92 Å². The van der Waals surface area contributed by atoms with Gasteiger partial charge in [-0.25, -0.2) is 9.97 Å². The number of aliphatic hydroxyl groups is 1. The monoisotopic (exact) mass is 368 g/mol. The summed E-state index contributed by atoms with van der Waals surface area (Å²) < 4.78 is 7.50. The lowest BCUT2D eigenvalue weighted by Gasteiger charge is -2.19. The smallest absolute Gasteiger partial charge is 0.154 e. The topological polar surface area (TPSA) is 72.2 Å². The highest BCUT2D eigenvalue weighted by Gasteiger charge is 2.15. The first-order valence-electron chi connectivity index (χ1n) is 9.48. The predicted molar refractivity (Wildman–Crippen MR) is 108 cm³/mol. The van der Waals surface area contributed by atoms with Gasteiger partial charge in [-0.05, 0) is 43.5 Å². The summed E-state index contributed by atoms with van der Waals surface area (Å²) in [5.41, 5.74) is 3.06. The Morgan fingerprint density at radius 2 is 2.07 bits per heavy atom. The fourth-order valence-corrected chi connectivity index (χ4v) is 3.41. The zero-order chi connectivity index (χ0) is 19.2. The van der Waals surface area contributed by atoms with Crippen molar-refractivity contribution in [3.8, 4) is 5.75 Å². The molecule has 0 amide bonds. The van der Waals surface area contributed by atoms with Gasteiger partial charge in [0.1, 0.15) is 17.1 Å². The van der Waals surface area contributed by atoms with Gasteiger partial charge in [0.25, 0.3) is 0 Å². The van der Waals surface area contributed by atoms with E-state index in [4.69, 9.17) is 4.74 Å². The molecule has 2 N–H and O–H groups in total. The van der Waals surface area contributed by atoms with Gasteiger partial charge in [0.2, 0.25) is 0 Å². The number of rotatable bonds is 9. The van der Waals surface area contributed by atoms with Crippen LogP contribution in [0.4, 0.5) is 5.82 Å². The maximum absolute atomic E-state index is 9.38. The molecule has 144 valence electrons. The summed E-state index contributed by atoms with van der Waals surface area (Å²) in [5, 5.41) is 12.9. The number of benzene rings is 1. The van der Waals surface area contributed by atoms with Crippen molar-refractivity contribution in [1.29, 1.82) is 0 Å². The first-order chi connectivity index (χ1) is 13.1. The third-order valence-electron chi connectivity index (χ3n) is 4.66. The lowest BCUT2D eigenvalue weighted by atomic mass is 10.1. The van der Waals surface area contributed by atoms with Crippen molar-refractivity contribution >= 4 is 16.9 Å². The first kappa shape index (κ1) is 19.2. The van der Waals surface area contributed by atoms with E-state index in [-0.39, 0.29) is 12.6 Å². The second kappa shape index (κ2) is 8.86. The number of hydrogen-bond donors (Lipinski definition) is 2. The van der Waals surface area contributed by atoms with Crippen LogP contribution in [-0.4, -0.2) is 39.4 Å². The molecule has 0 aliphatic heterocycles. The standard InChI is InChI=1S/C21H28N4O2/c1-4-6-17(10-12-26)24-21-20-19(22-15(2)23-21)9-11-25(20)14-16-7-5-8-18(13-16)27-3/h5,7-9,11,13,17,26H,4,6,10,12,14H2,1-3H3,(H,22,23,24)/t17-/m1/s1. The van der Waals surface area contributed by atoms with Crippen molar-refractivity contribution in [1.82, 2.24) is 14.5 Å². The van der Waals surface area contributed by atoms with E-state index in [1.807, 2.05) is 37.4 Å². The highest BCUT2D eigenvalue weighted by molar-refractivity contribution is 5.86. The van der Waals surface area contributed by atoms with Gasteiger partial charge in [0.05, 0.1) is 12.6 Å². The maximum atomic E-state index is 9.38. The van der Waals surface area contributed by atoms with E-state index in [1.165, 1.54) is 0 Å². The summed E-state index contributed by atoms with van der Waals surface area (Å²) in [6.07, 6.45) is 4.79. The molecule has 3 aromatic rings. The Morgan fingerprint density at radius 3 is 2.81 bits per heavy atom. The fourth-order valence-electron chi connectivity index (χ4n) is 3.41. The van der Waals surface area contributed by atoms with Gasteiger partial charge >= 0.3 is 0 Å². The molecule has 6 nitrogen and oxygen atoms in total. The number of methoxy groups -OCH3 is 1. The summed E-state index contributed by atoms with van der Waals surface area (Å²) in [4.78, 5) is 9.25. The second-order valence-electron chi connectivity index (χ2n) is 6.79. The number of hydrogen-bond acceptors (Lipinski definition) is 5. The van der Waals surface area contributed by atoms with E-state index in [0.717, 1.165) is 46.8 Å². The van der Waals surface area contributed by atoms with Crippen LogP contribution in [0.1, 0.15) is 37.6 Å². The average molecular weight is 368 g/mol. The molecule has 0 aliphatic rings. The van der Waals surface area contributed by atoms with Gasteiger partial charge in [0, 0.05) is 25.4 Å². The normalized spacial score (nSPS) is 12.3.